The van der Waals surface area contributed by atoms with Gasteiger partial charge in [-0.05, 0) is 38.3 Å². The molecule has 1 aliphatic carbocycles. The number of piperazine rings is 1. The molecule has 282 valence electrons. The van der Waals surface area contributed by atoms with E-state index in [0.29, 0.717) is 30.0 Å². The van der Waals surface area contributed by atoms with Gasteiger partial charge < -0.3 is 18.9 Å². The quantitative estimate of drug-likeness (QED) is 0.0720. The first-order valence-electron chi connectivity index (χ1n) is 20.6. The molecule has 0 N–H and O–H groups in total. The van der Waals surface area contributed by atoms with Crippen LogP contribution in [-0.4, -0.2) is 61.9 Å². The summed E-state index contributed by atoms with van der Waals surface area (Å²) in [6, 6.07) is 1.47. The van der Waals surface area contributed by atoms with Crippen LogP contribution in [0, 0.1) is 5.82 Å². The van der Waals surface area contributed by atoms with Crippen molar-refractivity contribution in [3.8, 4) is 5.75 Å². The van der Waals surface area contributed by atoms with Crippen molar-refractivity contribution in [2.75, 3.05) is 51.3 Å². The highest BCUT2D eigenvalue weighted by Gasteiger charge is 2.32. The number of anilines is 1. The van der Waals surface area contributed by atoms with Gasteiger partial charge >= 0.3 is 5.97 Å². The zero-order chi connectivity index (χ0) is 35.6. The Labute approximate surface area is 302 Å². The molecule has 0 spiro atoms. The number of nitrogens with zero attached hydrogens (tertiary/aromatic N) is 3. The van der Waals surface area contributed by atoms with E-state index < -0.39 is 17.2 Å². The summed E-state index contributed by atoms with van der Waals surface area (Å²) in [7, 11) is 1.55. The molecule has 0 bridgehead atoms. The van der Waals surface area contributed by atoms with E-state index >= 15 is 4.39 Å². The van der Waals surface area contributed by atoms with Crippen LogP contribution in [0.1, 0.15) is 172 Å². The number of esters is 1. The zero-order valence-corrected chi connectivity index (χ0v) is 31.9. The first-order chi connectivity index (χ1) is 24.5. The molecule has 8 heteroatoms. The third-order valence-electron chi connectivity index (χ3n) is 10.8. The Morgan fingerprint density at radius 1 is 0.760 bits per heavy atom. The number of aromatic nitrogens is 1. The average Bonchev–Trinajstić information content (AvgIpc) is 3.97. The van der Waals surface area contributed by atoms with Crippen LogP contribution in [0.2, 0.25) is 0 Å². The van der Waals surface area contributed by atoms with Gasteiger partial charge in [0.05, 0.1) is 24.6 Å². The lowest BCUT2D eigenvalue weighted by Gasteiger charge is -2.37. The van der Waals surface area contributed by atoms with Crippen LogP contribution in [0.3, 0.4) is 0 Å². The fourth-order valence-electron chi connectivity index (χ4n) is 7.57. The molecule has 0 unspecified atom stereocenters. The van der Waals surface area contributed by atoms with E-state index in [9.17, 15) is 9.59 Å². The summed E-state index contributed by atoms with van der Waals surface area (Å²) in [5, 5.41) is 0.183. The highest BCUT2D eigenvalue weighted by atomic mass is 19.1. The fraction of sp³-hybridized carbons (Fsp3) is 0.762. The molecule has 2 heterocycles. The molecule has 1 saturated heterocycles. The number of carbonyl (C=O) groups is 1. The molecule has 2 aromatic rings. The van der Waals surface area contributed by atoms with Gasteiger partial charge in [0.15, 0.2) is 11.6 Å². The maximum Gasteiger partial charge on any atom is 0.343 e. The van der Waals surface area contributed by atoms with E-state index in [0.717, 1.165) is 51.7 Å². The molecular formula is C42H68FN3O4. The Bertz CT molecular complexity index is 1350. The average molecular weight is 698 g/mol. The van der Waals surface area contributed by atoms with Crippen molar-refractivity contribution in [1.29, 1.82) is 0 Å². The van der Waals surface area contributed by atoms with Gasteiger partial charge in [0.1, 0.15) is 11.3 Å². The van der Waals surface area contributed by atoms with E-state index in [1.807, 2.05) is 4.57 Å². The number of hydrogen-bond acceptors (Lipinski definition) is 6. The molecule has 0 atom stereocenters. The summed E-state index contributed by atoms with van der Waals surface area (Å²) in [5.74, 6) is -0.713. The van der Waals surface area contributed by atoms with Gasteiger partial charge in [-0.3, -0.25) is 9.69 Å². The van der Waals surface area contributed by atoms with Gasteiger partial charge in [0.2, 0.25) is 5.43 Å². The summed E-state index contributed by atoms with van der Waals surface area (Å²) in [6.07, 6.45) is 28.8. The van der Waals surface area contributed by atoms with Crippen molar-refractivity contribution in [3.05, 3.63) is 33.9 Å². The smallest absolute Gasteiger partial charge is 0.343 e. The second-order valence-corrected chi connectivity index (χ2v) is 15.0. The number of ether oxygens (including phenoxy) is 2. The first-order valence-corrected chi connectivity index (χ1v) is 20.6. The minimum Gasteiger partial charge on any atom is -0.492 e. The van der Waals surface area contributed by atoms with Gasteiger partial charge in [-0.25, -0.2) is 9.18 Å². The number of pyridine rings is 1. The molecule has 4 rings (SSSR count). The number of benzene rings is 1. The lowest BCUT2D eigenvalue weighted by molar-refractivity contribution is 0.0495. The van der Waals surface area contributed by atoms with Crippen LogP contribution >= 0.6 is 0 Å². The van der Waals surface area contributed by atoms with Crippen molar-refractivity contribution < 1.29 is 18.7 Å². The molecule has 0 radical (unpaired) electrons. The van der Waals surface area contributed by atoms with Crippen LogP contribution < -0.4 is 15.1 Å². The van der Waals surface area contributed by atoms with Crippen LogP contribution in [0.25, 0.3) is 10.9 Å². The van der Waals surface area contributed by atoms with Gasteiger partial charge in [-0.15, -0.1) is 0 Å². The van der Waals surface area contributed by atoms with E-state index in [-0.39, 0.29) is 23.6 Å². The lowest BCUT2D eigenvalue weighted by atomic mass is 10.1. The van der Waals surface area contributed by atoms with Crippen LogP contribution in [0.4, 0.5) is 10.1 Å². The number of carbonyl (C=O) groups excluding carboxylic acids is 1. The minimum absolute atomic E-state index is 0.0220. The molecule has 1 saturated carbocycles. The summed E-state index contributed by atoms with van der Waals surface area (Å²) >= 11 is 0. The molecule has 2 aliphatic rings. The largest absolute Gasteiger partial charge is 0.492 e. The second-order valence-electron chi connectivity index (χ2n) is 15.0. The number of hydrogen-bond donors (Lipinski definition) is 0. The number of halogens is 1. The number of unbranched alkanes of at least 4 members (excludes halogenated alkanes) is 18. The zero-order valence-electron chi connectivity index (χ0n) is 31.9. The van der Waals surface area contributed by atoms with E-state index in [1.54, 1.807) is 13.3 Å². The standard InChI is InChI=1S/C42H68FN3O4/c1-4-6-8-10-12-14-16-18-20-22-26-44-27-29-45(30-28-44)39-37(43)32-35-38(41(39)49-3)46(34-24-25-34)33-36(40(35)47)42(48)50-31-23-21-19-17-15-13-11-9-7-5-2/h32-34H,4-31H2,1-3H3. The summed E-state index contributed by atoms with van der Waals surface area (Å²) in [6.45, 7) is 9.03. The normalized spacial score (nSPS) is 15.2. The van der Waals surface area contributed by atoms with E-state index in [4.69, 9.17) is 9.47 Å². The molecule has 2 fully saturated rings. The van der Waals surface area contributed by atoms with Crippen molar-refractivity contribution in [1.82, 2.24) is 9.47 Å². The molecule has 1 aliphatic heterocycles. The van der Waals surface area contributed by atoms with Crippen molar-refractivity contribution in [2.45, 2.75) is 161 Å². The van der Waals surface area contributed by atoms with Crippen LogP contribution in [0.5, 0.6) is 5.75 Å². The third-order valence-corrected chi connectivity index (χ3v) is 10.8. The van der Waals surface area contributed by atoms with E-state index in [1.165, 1.54) is 115 Å². The Balaban J connectivity index is 1.30. The Hall–Kier alpha value is -2.61. The minimum atomic E-state index is -0.621. The SMILES string of the molecule is CCCCCCCCCCCCOC(=O)c1cn(C2CC2)c2c(OC)c(N3CCN(CCCCCCCCCCCC)CC3)c(F)cc2c1=O. The summed E-state index contributed by atoms with van der Waals surface area (Å²) < 4.78 is 29.5. The van der Waals surface area contributed by atoms with Gasteiger partial charge in [-0.1, -0.05) is 129 Å². The first kappa shape index (κ1) is 40.2. The van der Waals surface area contributed by atoms with E-state index in [2.05, 4.69) is 23.6 Å². The molecule has 0 amide bonds. The van der Waals surface area contributed by atoms with Gasteiger partial charge in [0.25, 0.3) is 0 Å². The lowest BCUT2D eigenvalue weighted by Crippen LogP contribution is -2.47. The third kappa shape index (κ3) is 12.3. The highest BCUT2D eigenvalue weighted by Crippen LogP contribution is 2.44. The van der Waals surface area contributed by atoms with Crippen LogP contribution in [0.15, 0.2) is 17.1 Å². The monoisotopic (exact) mass is 698 g/mol. The molecule has 1 aromatic heterocycles. The number of fused-ring (bicyclic) bond motifs is 1. The summed E-state index contributed by atoms with van der Waals surface area (Å²) in [4.78, 5) is 31.4. The molecule has 50 heavy (non-hydrogen) atoms. The van der Waals surface area contributed by atoms with Gasteiger partial charge in [-0.2, -0.15) is 0 Å². The highest BCUT2D eigenvalue weighted by molar-refractivity contribution is 5.97. The second kappa shape index (κ2) is 22.4. The van der Waals surface area contributed by atoms with Crippen molar-refractivity contribution in [2.24, 2.45) is 0 Å². The van der Waals surface area contributed by atoms with Crippen molar-refractivity contribution >= 4 is 22.6 Å². The number of rotatable bonds is 26. The molecule has 7 nitrogen and oxygen atoms in total. The molecular weight excluding hydrogens is 629 g/mol. The predicted octanol–water partition coefficient (Wildman–Crippen LogP) is 10.6. The van der Waals surface area contributed by atoms with Crippen LogP contribution in [-0.2, 0) is 4.74 Å². The topological polar surface area (TPSA) is 64.0 Å². The molecule has 1 aromatic carbocycles. The predicted molar refractivity (Wildman–Crippen MR) is 206 cm³/mol. The Morgan fingerprint density at radius 2 is 1.28 bits per heavy atom. The summed E-state index contributed by atoms with van der Waals surface area (Å²) in [5.41, 5.74) is 0.486. The van der Waals surface area contributed by atoms with Crippen molar-refractivity contribution in [3.63, 3.8) is 0 Å². The maximum atomic E-state index is 16.0. The number of methoxy groups -OCH3 is 1. The maximum absolute atomic E-state index is 16.0. The van der Waals surface area contributed by atoms with Gasteiger partial charge in [0, 0.05) is 38.4 Å². The Morgan fingerprint density at radius 3 is 1.80 bits per heavy atom. The Kier molecular flexibility index (Phi) is 18.0. The fourth-order valence-corrected chi connectivity index (χ4v) is 7.57.